The van der Waals surface area contributed by atoms with Crippen LogP contribution in [0.5, 0.6) is 11.6 Å². The topological polar surface area (TPSA) is 89.1 Å². The Balaban J connectivity index is 1.15. The lowest BCUT2D eigenvalue weighted by atomic mass is 10.1. The maximum Gasteiger partial charge on any atom is 0.246 e. The molecule has 0 spiro atoms. The van der Waals surface area contributed by atoms with E-state index in [-0.39, 0.29) is 17.8 Å². The summed E-state index contributed by atoms with van der Waals surface area (Å²) in [5.74, 6) is 1.19. The fraction of sp³-hybridized carbons (Fsp3) is 0.367. The van der Waals surface area contributed by atoms with Gasteiger partial charge in [-0.05, 0) is 56.6 Å². The number of piperazine rings is 1. The highest BCUT2D eigenvalue weighted by Gasteiger charge is 2.29. The predicted molar refractivity (Wildman–Crippen MR) is 165 cm³/mol. The first-order valence-corrected chi connectivity index (χ1v) is 14.2. The van der Waals surface area contributed by atoms with Crippen molar-refractivity contribution < 1.29 is 9.53 Å². The first-order valence-electron chi connectivity index (χ1n) is 13.8. The van der Waals surface area contributed by atoms with E-state index >= 15 is 0 Å². The third-order valence-electron chi connectivity index (χ3n) is 7.22. The quantitative estimate of drug-likeness (QED) is 0.327. The number of halogens is 1. The Labute approximate surface area is 246 Å². The largest absolute Gasteiger partial charge is 0.437 e. The average molecular weight is 577 g/mol. The molecule has 2 fully saturated rings. The Morgan fingerprint density at radius 1 is 1.12 bits per heavy atom. The number of amides is 1. The molecule has 0 aliphatic carbocycles. The van der Waals surface area contributed by atoms with Gasteiger partial charge in [-0.15, -0.1) is 0 Å². The Morgan fingerprint density at radius 2 is 1.88 bits per heavy atom. The molecule has 5 rings (SSSR count). The molecule has 0 bridgehead atoms. The third kappa shape index (κ3) is 7.66. The molecule has 10 nitrogen and oxygen atoms in total. The van der Waals surface area contributed by atoms with Crippen LogP contribution in [0, 0.1) is 0 Å². The lowest BCUT2D eigenvalue weighted by Crippen LogP contribution is -2.56. The van der Waals surface area contributed by atoms with Crippen molar-refractivity contribution in [2.45, 2.75) is 6.04 Å². The number of aromatic nitrogens is 2. The molecule has 0 radical (unpaired) electrons. The summed E-state index contributed by atoms with van der Waals surface area (Å²) in [6, 6.07) is 16.1. The number of likely N-dealkylation sites (tertiary alicyclic amines) is 1. The highest BCUT2D eigenvalue weighted by molar-refractivity contribution is 6.31. The van der Waals surface area contributed by atoms with Gasteiger partial charge >= 0.3 is 0 Å². The number of benzene rings is 2. The van der Waals surface area contributed by atoms with Crippen LogP contribution in [0.1, 0.15) is 0 Å². The summed E-state index contributed by atoms with van der Waals surface area (Å²) in [7, 11) is 4.24. The van der Waals surface area contributed by atoms with E-state index in [1.54, 1.807) is 4.90 Å². The molecule has 1 aromatic heterocycles. The molecule has 2 N–H and O–H groups in total. The number of carbonyl (C=O) groups excluding carboxylic acids is 1. The van der Waals surface area contributed by atoms with Crippen LogP contribution in [0.15, 0.2) is 67.4 Å². The molecule has 3 aromatic rings. The monoisotopic (exact) mass is 576 g/mol. The van der Waals surface area contributed by atoms with Crippen LogP contribution in [0.4, 0.5) is 23.0 Å². The molecule has 3 heterocycles. The van der Waals surface area contributed by atoms with Crippen LogP contribution < -0.4 is 20.3 Å². The second kappa shape index (κ2) is 13.2. The van der Waals surface area contributed by atoms with E-state index in [1.807, 2.05) is 36.4 Å². The summed E-state index contributed by atoms with van der Waals surface area (Å²) in [6.45, 7) is 11.2. The molecule has 2 saturated heterocycles. The van der Waals surface area contributed by atoms with Crippen molar-refractivity contribution >= 4 is 40.5 Å². The van der Waals surface area contributed by atoms with Crippen molar-refractivity contribution in [1.82, 2.24) is 24.7 Å². The standard InChI is InChI=1S/C30H37ClN8O2/c1-4-28(40)39-20-24(21-39)33-23-6-5-7-26(18-23)41-29-27(31)19-32-30(35-29)34-22-8-10-25(11-9-22)38-16-14-37(15-17-38)13-12-36(2)3/h4-11,18-19,24,33H,1,12-17,20-21H2,2-3H3,(H,32,34,35). The van der Waals surface area contributed by atoms with E-state index in [0.717, 1.165) is 50.6 Å². The number of nitrogens with zero attached hydrogens (tertiary/aromatic N) is 6. The summed E-state index contributed by atoms with van der Waals surface area (Å²) < 4.78 is 6.02. The first kappa shape index (κ1) is 28.7. The van der Waals surface area contributed by atoms with Crippen LogP contribution in [-0.4, -0.2) is 103 Å². The van der Waals surface area contributed by atoms with Gasteiger partial charge in [-0.2, -0.15) is 4.98 Å². The van der Waals surface area contributed by atoms with Crippen LogP contribution in [-0.2, 0) is 4.79 Å². The number of likely N-dealkylation sites (N-methyl/N-ethyl adjacent to an activating group) is 1. The number of hydrogen-bond acceptors (Lipinski definition) is 9. The van der Waals surface area contributed by atoms with Crippen molar-refractivity contribution in [3.8, 4) is 11.6 Å². The van der Waals surface area contributed by atoms with Crippen molar-refractivity contribution in [3.63, 3.8) is 0 Å². The minimum absolute atomic E-state index is 0.0522. The zero-order chi connectivity index (χ0) is 28.8. The molecule has 1 amide bonds. The minimum atomic E-state index is -0.0522. The van der Waals surface area contributed by atoms with Gasteiger partial charge in [0, 0.05) is 75.5 Å². The second-order valence-electron chi connectivity index (χ2n) is 10.6. The van der Waals surface area contributed by atoms with Gasteiger partial charge in [-0.3, -0.25) is 9.69 Å². The fourth-order valence-corrected chi connectivity index (χ4v) is 4.94. The molecule has 0 saturated carbocycles. The number of nitrogens with one attached hydrogen (secondary N) is 2. The van der Waals surface area contributed by atoms with Crippen molar-refractivity contribution in [2.24, 2.45) is 0 Å². The van der Waals surface area contributed by atoms with E-state index in [2.05, 4.69) is 68.1 Å². The first-order chi connectivity index (χ1) is 19.9. The van der Waals surface area contributed by atoms with Gasteiger partial charge in [-0.1, -0.05) is 24.2 Å². The summed E-state index contributed by atoms with van der Waals surface area (Å²) in [4.78, 5) is 29.4. The van der Waals surface area contributed by atoms with Gasteiger partial charge in [0.25, 0.3) is 0 Å². The SMILES string of the molecule is C=CC(=O)N1CC(Nc2cccc(Oc3nc(Nc4ccc(N5CCN(CCN(C)C)CC5)cc4)ncc3Cl)c2)C1. The number of anilines is 4. The molecule has 2 aromatic carbocycles. The van der Waals surface area contributed by atoms with Gasteiger partial charge in [-0.25, -0.2) is 4.98 Å². The Kier molecular flexibility index (Phi) is 9.23. The maximum absolute atomic E-state index is 11.7. The molecule has 2 aliphatic heterocycles. The number of carbonyl (C=O) groups is 1. The van der Waals surface area contributed by atoms with E-state index in [0.29, 0.717) is 29.8 Å². The lowest BCUT2D eigenvalue weighted by Gasteiger charge is -2.39. The Morgan fingerprint density at radius 3 is 2.59 bits per heavy atom. The minimum Gasteiger partial charge on any atom is -0.437 e. The van der Waals surface area contributed by atoms with Gasteiger partial charge in [0.05, 0.1) is 12.2 Å². The van der Waals surface area contributed by atoms with Crippen LogP contribution in [0.3, 0.4) is 0 Å². The van der Waals surface area contributed by atoms with Crippen molar-refractivity contribution in [3.05, 3.63) is 72.4 Å². The van der Waals surface area contributed by atoms with Gasteiger partial charge < -0.3 is 30.1 Å². The fourth-order valence-electron chi connectivity index (χ4n) is 4.81. The second-order valence-corrected chi connectivity index (χ2v) is 11.0. The molecule has 2 aliphatic rings. The highest BCUT2D eigenvalue weighted by Crippen LogP contribution is 2.30. The van der Waals surface area contributed by atoms with E-state index in [4.69, 9.17) is 16.3 Å². The van der Waals surface area contributed by atoms with Crippen LogP contribution >= 0.6 is 11.6 Å². The molecule has 216 valence electrons. The molecular formula is C30H37ClN8O2. The Hall–Kier alpha value is -3.86. The molecule has 11 heteroatoms. The van der Waals surface area contributed by atoms with Crippen molar-refractivity contribution in [2.75, 3.05) is 82.0 Å². The van der Waals surface area contributed by atoms with Gasteiger partial charge in [0.15, 0.2) is 0 Å². The smallest absolute Gasteiger partial charge is 0.246 e. The summed E-state index contributed by atoms with van der Waals surface area (Å²) in [6.07, 6.45) is 2.86. The zero-order valence-corrected chi connectivity index (χ0v) is 24.3. The van der Waals surface area contributed by atoms with Crippen LogP contribution in [0.2, 0.25) is 5.02 Å². The van der Waals surface area contributed by atoms with Crippen LogP contribution in [0.25, 0.3) is 0 Å². The molecular weight excluding hydrogens is 540 g/mol. The summed E-state index contributed by atoms with van der Waals surface area (Å²) in [5, 5.41) is 6.98. The van der Waals surface area contributed by atoms with E-state index in [1.165, 1.54) is 18.0 Å². The normalized spacial score (nSPS) is 15.9. The van der Waals surface area contributed by atoms with Gasteiger partial charge in [0.1, 0.15) is 10.8 Å². The molecule has 41 heavy (non-hydrogen) atoms. The Bertz CT molecular complexity index is 1340. The molecule has 0 atom stereocenters. The van der Waals surface area contributed by atoms with Crippen molar-refractivity contribution in [1.29, 1.82) is 0 Å². The zero-order valence-electron chi connectivity index (χ0n) is 23.6. The third-order valence-corrected chi connectivity index (χ3v) is 7.48. The number of ether oxygens (including phenoxy) is 1. The maximum atomic E-state index is 11.7. The lowest BCUT2D eigenvalue weighted by molar-refractivity contribution is -0.129. The summed E-state index contributed by atoms with van der Waals surface area (Å²) >= 11 is 6.37. The molecule has 0 unspecified atom stereocenters. The predicted octanol–water partition coefficient (Wildman–Crippen LogP) is 4.16. The number of hydrogen-bond donors (Lipinski definition) is 2. The van der Waals surface area contributed by atoms with E-state index < -0.39 is 0 Å². The average Bonchev–Trinajstić information content (AvgIpc) is 2.96. The highest BCUT2D eigenvalue weighted by atomic mass is 35.5. The van der Waals surface area contributed by atoms with Gasteiger partial charge in [0.2, 0.25) is 17.7 Å². The van der Waals surface area contributed by atoms with E-state index in [9.17, 15) is 4.79 Å². The summed E-state index contributed by atoms with van der Waals surface area (Å²) in [5.41, 5.74) is 2.97. The number of rotatable bonds is 11.